The molecule has 0 aromatic carbocycles. The Morgan fingerprint density at radius 1 is 1.43 bits per heavy atom. The third-order valence-electron chi connectivity index (χ3n) is 4.42. The van der Waals surface area contributed by atoms with E-state index >= 15 is 0 Å². The van der Waals surface area contributed by atoms with Crippen molar-refractivity contribution in [1.29, 1.82) is 0 Å². The van der Waals surface area contributed by atoms with Crippen molar-refractivity contribution in [2.45, 2.75) is 6.54 Å². The van der Waals surface area contributed by atoms with Crippen LogP contribution < -0.4 is 10.2 Å². The second-order valence-corrected chi connectivity index (χ2v) is 6.32. The summed E-state index contributed by atoms with van der Waals surface area (Å²) in [4.78, 5) is 24.9. The van der Waals surface area contributed by atoms with Crippen molar-refractivity contribution in [1.82, 2.24) is 35.2 Å². The molecule has 0 bridgehead atoms. The van der Waals surface area contributed by atoms with Crippen LogP contribution in [-0.2, 0) is 18.4 Å². The van der Waals surface area contributed by atoms with Gasteiger partial charge in [-0.05, 0) is 12.1 Å². The average molecular weight is 383 g/mol. The molecular formula is C17H21N9O2. The number of carbonyl (C=O) groups excluding carboxylic acids is 1. The highest BCUT2D eigenvalue weighted by Gasteiger charge is 2.27. The highest BCUT2D eigenvalue weighted by atomic mass is 16.3. The maximum absolute atomic E-state index is 12.6. The SMILES string of the molecule is CN=C(NCc1nc(-c2ccco2)n[nH]1)N1CCN(c2cnn(C)c2)C(=O)C1. The molecule has 1 aliphatic heterocycles. The summed E-state index contributed by atoms with van der Waals surface area (Å²) in [5, 5.41) is 14.4. The van der Waals surface area contributed by atoms with Gasteiger partial charge in [-0.1, -0.05) is 0 Å². The van der Waals surface area contributed by atoms with E-state index < -0.39 is 0 Å². The summed E-state index contributed by atoms with van der Waals surface area (Å²) in [5.41, 5.74) is 0.808. The molecule has 11 heteroatoms. The van der Waals surface area contributed by atoms with Gasteiger partial charge in [-0.15, -0.1) is 5.10 Å². The highest BCUT2D eigenvalue weighted by Crippen LogP contribution is 2.16. The molecule has 0 aliphatic carbocycles. The first kappa shape index (κ1) is 17.8. The fourth-order valence-corrected chi connectivity index (χ4v) is 3.06. The first-order valence-corrected chi connectivity index (χ1v) is 8.84. The van der Waals surface area contributed by atoms with E-state index in [0.29, 0.717) is 43.0 Å². The Morgan fingerprint density at radius 3 is 3.00 bits per heavy atom. The Balaban J connectivity index is 1.35. The van der Waals surface area contributed by atoms with Crippen LogP contribution in [-0.4, -0.2) is 68.4 Å². The molecule has 146 valence electrons. The Kier molecular flexibility index (Phi) is 4.79. The van der Waals surface area contributed by atoms with Crippen molar-refractivity contribution < 1.29 is 9.21 Å². The average Bonchev–Trinajstić information content (AvgIpc) is 3.44. The zero-order chi connectivity index (χ0) is 19.5. The van der Waals surface area contributed by atoms with Crippen molar-refractivity contribution in [2.24, 2.45) is 12.0 Å². The van der Waals surface area contributed by atoms with Crippen LogP contribution in [0.25, 0.3) is 11.6 Å². The number of aromatic nitrogens is 5. The predicted octanol–water partition coefficient (Wildman–Crippen LogP) is 0.222. The van der Waals surface area contributed by atoms with Crippen LogP contribution in [0.2, 0.25) is 0 Å². The van der Waals surface area contributed by atoms with E-state index in [-0.39, 0.29) is 12.5 Å². The molecule has 1 amide bonds. The molecule has 4 heterocycles. The number of carbonyl (C=O) groups is 1. The Hall–Kier alpha value is -3.63. The van der Waals surface area contributed by atoms with Crippen molar-refractivity contribution in [2.75, 3.05) is 31.6 Å². The molecule has 0 atom stereocenters. The molecule has 0 radical (unpaired) electrons. The minimum Gasteiger partial charge on any atom is -0.461 e. The molecule has 0 unspecified atom stereocenters. The van der Waals surface area contributed by atoms with E-state index in [4.69, 9.17) is 4.42 Å². The van der Waals surface area contributed by atoms with E-state index in [0.717, 1.165) is 5.69 Å². The van der Waals surface area contributed by atoms with Crippen LogP contribution in [0.3, 0.4) is 0 Å². The second kappa shape index (κ2) is 7.55. The lowest BCUT2D eigenvalue weighted by molar-refractivity contribution is -0.120. The number of amides is 1. The molecule has 28 heavy (non-hydrogen) atoms. The summed E-state index contributed by atoms with van der Waals surface area (Å²) in [7, 11) is 3.52. The van der Waals surface area contributed by atoms with Crippen LogP contribution in [0.1, 0.15) is 5.82 Å². The van der Waals surface area contributed by atoms with Crippen molar-refractivity contribution in [3.8, 4) is 11.6 Å². The molecule has 1 aliphatic rings. The monoisotopic (exact) mass is 383 g/mol. The molecule has 3 aromatic heterocycles. The lowest BCUT2D eigenvalue weighted by Crippen LogP contribution is -2.55. The van der Waals surface area contributed by atoms with E-state index in [9.17, 15) is 4.79 Å². The summed E-state index contributed by atoms with van der Waals surface area (Å²) in [6.45, 7) is 1.87. The maximum atomic E-state index is 12.6. The summed E-state index contributed by atoms with van der Waals surface area (Å²) >= 11 is 0. The number of hydrogen-bond acceptors (Lipinski definition) is 6. The van der Waals surface area contributed by atoms with Gasteiger partial charge in [0.2, 0.25) is 11.7 Å². The molecule has 11 nitrogen and oxygen atoms in total. The number of H-pyrrole nitrogens is 1. The first-order chi connectivity index (χ1) is 13.6. The molecule has 1 saturated heterocycles. The van der Waals surface area contributed by atoms with Gasteiger partial charge in [-0.3, -0.25) is 19.6 Å². The fourth-order valence-electron chi connectivity index (χ4n) is 3.06. The Bertz CT molecular complexity index is 973. The standard InChI is InChI=1S/C17H21N9O2/c1-18-17(19-9-14-21-16(23-22-14)13-4-3-7-28-13)25-5-6-26(15(27)11-25)12-8-20-24(2)10-12/h3-4,7-8,10H,5-6,9,11H2,1-2H3,(H,18,19)(H,21,22,23). The van der Waals surface area contributed by atoms with Gasteiger partial charge in [0.1, 0.15) is 12.4 Å². The molecule has 1 fully saturated rings. The van der Waals surface area contributed by atoms with E-state index in [2.05, 4.69) is 30.6 Å². The van der Waals surface area contributed by atoms with Gasteiger partial charge in [0, 0.05) is 33.4 Å². The van der Waals surface area contributed by atoms with Crippen molar-refractivity contribution in [3.05, 3.63) is 36.6 Å². The third kappa shape index (κ3) is 3.59. The summed E-state index contributed by atoms with van der Waals surface area (Å²) < 4.78 is 6.97. The Morgan fingerprint density at radius 2 is 2.32 bits per heavy atom. The molecule has 0 saturated carbocycles. The van der Waals surface area contributed by atoms with Gasteiger partial charge in [-0.2, -0.15) is 5.10 Å². The number of anilines is 1. The second-order valence-electron chi connectivity index (χ2n) is 6.32. The van der Waals surface area contributed by atoms with Crippen LogP contribution in [0, 0.1) is 0 Å². The number of rotatable bonds is 4. The van der Waals surface area contributed by atoms with Crippen molar-refractivity contribution in [3.63, 3.8) is 0 Å². The zero-order valence-electron chi connectivity index (χ0n) is 15.7. The number of furan rings is 1. The lowest BCUT2D eigenvalue weighted by atomic mass is 10.3. The topological polar surface area (TPSA) is 120 Å². The van der Waals surface area contributed by atoms with Crippen molar-refractivity contribution >= 4 is 17.6 Å². The largest absolute Gasteiger partial charge is 0.461 e. The van der Waals surface area contributed by atoms with Crippen LogP contribution in [0.15, 0.2) is 40.2 Å². The van der Waals surface area contributed by atoms with E-state index in [1.165, 1.54) is 0 Å². The van der Waals surface area contributed by atoms with Gasteiger partial charge >= 0.3 is 0 Å². The number of hydrogen-bond donors (Lipinski definition) is 2. The van der Waals surface area contributed by atoms with Crippen LogP contribution >= 0.6 is 0 Å². The number of guanidine groups is 1. The molecule has 4 rings (SSSR count). The maximum Gasteiger partial charge on any atom is 0.246 e. The van der Waals surface area contributed by atoms with Gasteiger partial charge in [0.15, 0.2) is 11.7 Å². The summed E-state index contributed by atoms with van der Waals surface area (Å²) in [6, 6.07) is 3.58. The minimum absolute atomic E-state index is 0.00182. The number of piperazine rings is 1. The number of aryl methyl sites for hydroxylation is 1. The third-order valence-corrected chi connectivity index (χ3v) is 4.42. The lowest BCUT2D eigenvalue weighted by Gasteiger charge is -2.35. The number of nitrogens with zero attached hydrogens (tertiary/aromatic N) is 7. The highest BCUT2D eigenvalue weighted by molar-refractivity contribution is 5.98. The van der Waals surface area contributed by atoms with Crippen LogP contribution in [0.4, 0.5) is 5.69 Å². The van der Waals surface area contributed by atoms with E-state index in [1.54, 1.807) is 41.2 Å². The summed E-state index contributed by atoms with van der Waals surface area (Å²) in [5.74, 6) is 2.38. The normalized spacial score (nSPS) is 15.4. The van der Waals surface area contributed by atoms with Gasteiger partial charge in [-0.25, -0.2) is 4.98 Å². The number of aromatic amines is 1. The van der Waals surface area contributed by atoms with Gasteiger partial charge in [0.05, 0.1) is 24.7 Å². The van der Waals surface area contributed by atoms with Gasteiger partial charge < -0.3 is 19.5 Å². The predicted molar refractivity (Wildman–Crippen MR) is 101 cm³/mol. The quantitative estimate of drug-likeness (QED) is 0.488. The number of nitrogens with one attached hydrogen (secondary N) is 2. The minimum atomic E-state index is 0.00182. The van der Waals surface area contributed by atoms with Gasteiger partial charge in [0.25, 0.3) is 0 Å². The zero-order valence-corrected chi connectivity index (χ0v) is 15.7. The van der Waals surface area contributed by atoms with E-state index in [1.807, 2.05) is 18.1 Å². The number of aliphatic imine (C=N–C) groups is 1. The fraction of sp³-hybridized carbons (Fsp3) is 0.353. The molecule has 2 N–H and O–H groups in total. The first-order valence-electron chi connectivity index (χ1n) is 8.84. The summed E-state index contributed by atoms with van der Waals surface area (Å²) in [6.07, 6.45) is 5.11. The Labute approximate surface area is 161 Å². The van der Waals surface area contributed by atoms with Crippen LogP contribution in [0.5, 0.6) is 0 Å². The molecule has 0 spiro atoms. The smallest absolute Gasteiger partial charge is 0.246 e. The molecule has 3 aromatic rings. The molecular weight excluding hydrogens is 362 g/mol.